The number of nitrogens with zero attached hydrogens (tertiary/aromatic N) is 2. The van der Waals surface area contributed by atoms with E-state index in [1.165, 1.54) is 12.1 Å². The monoisotopic (exact) mass is 320 g/mol. The van der Waals surface area contributed by atoms with Crippen LogP contribution in [0.25, 0.3) is 11.4 Å². The molecule has 1 aromatic heterocycles. The third-order valence-corrected chi connectivity index (χ3v) is 3.68. The van der Waals surface area contributed by atoms with Gasteiger partial charge in [0.1, 0.15) is 11.9 Å². The average Bonchev–Trinajstić information content (AvgIpc) is 3.16. The van der Waals surface area contributed by atoms with Crippen LogP contribution >= 0.6 is 0 Å². The van der Waals surface area contributed by atoms with E-state index in [1.54, 1.807) is 19.1 Å². The van der Waals surface area contributed by atoms with Gasteiger partial charge in [0.25, 0.3) is 0 Å². The van der Waals surface area contributed by atoms with Gasteiger partial charge in [-0.05, 0) is 25.5 Å². The number of aliphatic hydroxyl groups is 1. The molecule has 0 aliphatic carbocycles. The zero-order chi connectivity index (χ0) is 16.4. The first-order valence-corrected chi connectivity index (χ1v) is 7.34. The van der Waals surface area contributed by atoms with Crippen LogP contribution in [-0.4, -0.2) is 39.8 Å². The summed E-state index contributed by atoms with van der Waals surface area (Å²) in [6.07, 6.45) is -0.138. The largest absolute Gasteiger partial charge is 0.392 e. The van der Waals surface area contributed by atoms with Gasteiger partial charge in [-0.15, -0.1) is 0 Å². The summed E-state index contributed by atoms with van der Waals surface area (Å²) in [5.41, 5.74) is 0.499. The molecule has 0 bridgehead atoms. The molecule has 23 heavy (non-hydrogen) atoms. The summed E-state index contributed by atoms with van der Waals surface area (Å²) in [5, 5.41) is 18.9. The molecule has 3 N–H and O–H groups in total. The minimum atomic E-state index is -0.510. The molecule has 2 heterocycles. The molecule has 0 saturated carbocycles. The molecule has 3 rings (SSSR count). The molecule has 1 fully saturated rings. The molecule has 7 nitrogen and oxygen atoms in total. The zero-order valence-electron chi connectivity index (χ0n) is 12.5. The van der Waals surface area contributed by atoms with Crippen molar-refractivity contribution in [2.24, 2.45) is 0 Å². The molecule has 0 spiro atoms. The molecule has 1 aliphatic heterocycles. The van der Waals surface area contributed by atoms with E-state index in [-0.39, 0.29) is 23.4 Å². The van der Waals surface area contributed by atoms with Crippen molar-refractivity contribution in [2.75, 3.05) is 6.54 Å². The Morgan fingerprint density at radius 1 is 1.57 bits per heavy atom. The molecule has 3 unspecified atom stereocenters. The number of carbonyl (C=O) groups excluding carboxylic acids is 1. The van der Waals surface area contributed by atoms with E-state index in [0.717, 1.165) is 0 Å². The van der Waals surface area contributed by atoms with Gasteiger partial charge in [-0.25, -0.2) is 4.39 Å². The van der Waals surface area contributed by atoms with Crippen molar-refractivity contribution in [1.29, 1.82) is 0 Å². The van der Waals surface area contributed by atoms with Crippen LogP contribution in [0.4, 0.5) is 4.39 Å². The zero-order valence-corrected chi connectivity index (χ0v) is 12.5. The van der Waals surface area contributed by atoms with Crippen molar-refractivity contribution in [3.8, 4) is 11.4 Å². The Morgan fingerprint density at radius 2 is 2.39 bits per heavy atom. The normalized spacial score (nSPS) is 22.0. The highest BCUT2D eigenvalue weighted by molar-refractivity contribution is 5.82. The number of hydrogen-bond donors (Lipinski definition) is 3. The van der Waals surface area contributed by atoms with Crippen LogP contribution in [0.1, 0.15) is 25.3 Å². The number of hydrogen-bond acceptors (Lipinski definition) is 6. The standard InChI is InChI=1S/C15H17FN4O3/c1-8(18-14(22)12-6-11(21)7-17-12)15-19-13(20-23-15)9-3-2-4-10(16)5-9/h2-5,8,11-12,17,21H,6-7H2,1H3,(H,18,22). The van der Waals surface area contributed by atoms with Crippen LogP contribution in [0.2, 0.25) is 0 Å². The Morgan fingerprint density at radius 3 is 3.09 bits per heavy atom. The number of aromatic nitrogens is 2. The van der Waals surface area contributed by atoms with E-state index < -0.39 is 18.2 Å². The minimum absolute atomic E-state index is 0.233. The molecule has 1 saturated heterocycles. The van der Waals surface area contributed by atoms with E-state index >= 15 is 0 Å². The summed E-state index contributed by atoms with van der Waals surface area (Å²) in [4.78, 5) is 16.3. The Hall–Kier alpha value is -2.32. The van der Waals surface area contributed by atoms with Gasteiger partial charge >= 0.3 is 0 Å². The van der Waals surface area contributed by atoms with Gasteiger partial charge in [0.2, 0.25) is 17.6 Å². The topological polar surface area (TPSA) is 100 Å². The molecule has 2 aromatic rings. The Balaban J connectivity index is 1.66. The first-order chi connectivity index (χ1) is 11.0. The third kappa shape index (κ3) is 3.54. The van der Waals surface area contributed by atoms with Gasteiger partial charge in [-0.1, -0.05) is 17.3 Å². The number of amides is 1. The number of benzene rings is 1. The smallest absolute Gasteiger partial charge is 0.249 e. The second-order valence-corrected chi connectivity index (χ2v) is 5.55. The van der Waals surface area contributed by atoms with Gasteiger partial charge < -0.3 is 20.3 Å². The number of nitrogens with one attached hydrogen (secondary N) is 2. The maximum atomic E-state index is 13.2. The number of β-amino-alcohol motifs (C(OH)–C–C–N with tert-alkyl or cyclic N) is 1. The quantitative estimate of drug-likeness (QED) is 0.769. The molecular formula is C15H17FN4O3. The first kappa shape index (κ1) is 15.6. The SMILES string of the molecule is CC(NC(=O)C1CC(O)CN1)c1nc(-c2cccc(F)c2)no1. The summed E-state index contributed by atoms with van der Waals surface area (Å²) in [6, 6.07) is 4.95. The number of halogens is 1. The molecule has 0 radical (unpaired) electrons. The first-order valence-electron chi connectivity index (χ1n) is 7.34. The third-order valence-electron chi connectivity index (χ3n) is 3.68. The predicted octanol–water partition coefficient (Wildman–Crippen LogP) is 0.776. The summed E-state index contributed by atoms with van der Waals surface area (Å²) < 4.78 is 18.4. The fourth-order valence-corrected chi connectivity index (χ4v) is 2.45. The lowest BCUT2D eigenvalue weighted by Gasteiger charge is -2.14. The van der Waals surface area contributed by atoms with Gasteiger partial charge in [0.15, 0.2) is 0 Å². The van der Waals surface area contributed by atoms with Gasteiger partial charge in [0, 0.05) is 12.1 Å². The molecule has 1 aliphatic rings. The maximum absolute atomic E-state index is 13.2. The van der Waals surface area contributed by atoms with Crippen molar-refractivity contribution in [2.45, 2.75) is 31.5 Å². The summed E-state index contributed by atoms with van der Waals surface area (Å²) in [5.74, 6) is -0.133. The van der Waals surface area contributed by atoms with Crippen molar-refractivity contribution in [3.63, 3.8) is 0 Å². The van der Waals surface area contributed by atoms with E-state index in [0.29, 0.717) is 18.5 Å². The lowest BCUT2D eigenvalue weighted by atomic mass is 10.2. The fourth-order valence-electron chi connectivity index (χ4n) is 2.45. The highest BCUT2D eigenvalue weighted by atomic mass is 19.1. The van der Waals surface area contributed by atoms with Crippen LogP contribution < -0.4 is 10.6 Å². The molecule has 122 valence electrons. The van der Waals surface area contributed by atoms with Crippen LogP contribution in [0.3, 0.4) is 0 Å². The predicted molar refractivity (Wildman–Crippen MR) is 78.7 cm³/mol. The minimum Gasteiger partial charge on any atom is -0.392 e. The lowest BCUT2D eigenvalue weighted by molar-refractivity contribution is -0.123. The number of carbonyl (C=O) groups is 1. The van der Waals surface area contributed by atoms with Crippen molar-refractivity contribution in [1.82, 2.24) is 20.8 Å². The lowest BCUT2D eigenvalue weighted by Crippen LogP contribution is -2.41. The number of rotatable bonds is 4. The van der Waals surface area contributed by atoms with E-state index in [4.69, 9.17) is 4.52 Å². The van der Waals surface area contributed by atoms with Crippen LogP contribution in [0, 0.1) is 5.82 Å². The Bertz CT molecular complexity index is 706. The average molecular weight is 320 g/mol. The summed E-state index contributed by atoms with van der Waals surface area (Å²) in [6.45, 7) is 2.11. The highest BCUT2D eigenvalue weighted by Crippen LogP contribution is 2.19. The Labute approximate surface area is 131 Å². The second kappa shape index (κ2) is 6.43. The molecule has 3 atom stereocenters. The molecule has 1 aromatic carbocycles. The van der Waals surface area contributed by atoms with Crippen molar-refractivity contribution < 1.29 is 18.8 Å². The summed E-state index contributed by atoms with van der Waals surface area (Å²) >= 11 is 0. The van der Waals surface area contributed by atoms with Gasteiger partial charge in [-0.3, -0.25) is 4.79 Å². The van der Waals surface area contributed by atoms with Crippen LogP contribution in [0.5, 0.6) is 0 Å². The van der Waals surface area contributed by atoms with E-state index in [1.807, 2.05) is 0 Å². The van der Waals surface area contributed by atoms with Crippen molar-refractivity contribution in [3.05, 3.63) is 36.0 Å². The van der Waals surface area contributed by atoms with Gasteiger partial charge in [-0.2, -0.15) is 4.98 Å². The maximum Gasteiger partial charge on any atom is 0.249 e. The Kier molecular flexibility index (Phi) is 4.35. The number of aliphatic hydroxyl groups excluding tert-OH is 1. The fraction of sp³-hybridized carbons (Fsp3) is 0.400. The highest BCUT2D eigenvalue weighted by Gasteiger charge is 2.29. The van der Waals surface area contributed by atoms with E-state index in [2.05, 4.69) is 20.8 Å². The summed E-state index contributed by atoms with van der Waals surface area (Å²) in [7, 11) is 0. The van der Waals surface area contributed by atoms with Crippen LogP contribution in [-0.2, 0) is 4.79 Å². The van der Waals surface area contributed by atoms with E-state index in [9.17, 15) is 14.3 Å². The molecule has 8 heteroatoms. The van der Waals surface area contributed by atoms with Crippen molar-refractivity contribution >= 4 is 5.91 Å². The molecular weight excluding hydrogens is 303 g/mol. The van der Waals surface area contributed by atoms with Gasteiger partial charge in [0.05, 0.1) is 12.1 Å². The van der Waals surface area contributed by atoms with Crippen LogP contribution in [0.15, 0.2) is 28.8 Å². The molecule has 1 amide bonds. The second-order valence-electron chi connectivity index (χ2n) is 5.55.